The fraction of sp³-hybridized carbons (Fsp3) is 1.00. The van der Waals surface area contributed by atoms with Gasteiger partial charge in [-0.3, -0.25) is 0 Å². The highest BCUT2D eigenvalue weighted by molar-refractivity contribution is 4.87. The van der Waals surface area contributed by atoms with Gasteiger partial charge >= 0.3 is 0 Å². The summed E-state index contributed by atoms with van der Waals surface area (Å²) in [6.45, 7) is 0. The minimum atomic E-state index is 0. The molecule has 0 aromatic heterocycles. The molecular weight excluding hydrogens is 100 g/mol. The molecule has 1 heterocycles. The highest BCUT2D eigenvalue weighted by atomic mass is 16.6. The Labute approximate surface area is 51.0 Å². The van der Waals surface area contributed by atoms with Crippen molar-refractivity contribution in [3.63, 3.8) is 0 Å². The van der Waals surface area contributed by atoms with Gasteiger partial charge in [0, 0.05) is 0 Å². The average molecular weight is 114 g/mol. The zero-order valence-electron chi connectivity index (χ0n) is 4.39. The largest absolute Gasteiger partial charge is 0.370 e. The molecule has 1 aliphatic heterocycles. The zero-order chi connectivity index (χ0) is 4.69. The Bertz CT molecular complexity index is 70.5. The van der Waals surface area contributed by atoms with Gasteiger partial charge < -0.3 is 4.74 Å². The number of ether oxygens (including phenoxy) is 1. The number of epoxide rings is 1. The van der Waals surface area contributed by atoms with Gasteiger partial charge in [0.05, 0.1) is 12.2 Å². The van der Waals surface area contributed by atoms with E-state index < -0.39 is 0 Å². The Balaban J connectivity index is 0.000000320. The van der Waals surface area contributed by atoms with Gasteiger partial charge in [0.25, 0.3) is 0 Å². The van der Waals surface area contributed by atoms with Crippen LogP contribution in [0.2, 0.25) is 0 Å². The maximum absolute atomic E-state index is 5.28. The summed E-state index contributed by atoms with van der Waals surface area (Å²) in [5.74, 6) is 0. The molecule has 8 heavy (non-hydrogen) atoms. The lowest BCUT2D eigenvalue weighted by atomic mass is 10.0. The fourth-order valence-electron chi connectivity index (χ4n) is 1.38. The van der Waals surface area contributed by atoms with Crippen molar-refractivity contribution in [3.05, 3.63) is 0 Å². The normalized spacial score (nSPS) is 42.0. The molecule has 0 aromatic carbocycles. The molecule has 2 fully saturated rings. The number of hydrogen-bond donors (Lipinski definition) is 0. The highest BCUT2D eigenvalue weighted by Gasteiger charge is 2.39. The second-order valence-electron chi connectivity index (χ2n) is 2.50. The fourth-order valence-corrected chi connectivity index (χ4v) is 1.38. The predicted molar refractivity (Wildman–Crippen MR) is 33.9 cm³/mol. The lowest BCUT2D eigenvalue weighted by Crippen LogP contribution is -2.00. The van der Waals surface area contributed by atoms with Gasteiger partial charge in [0.15, 0.2) is 0 Å². The van der Waals surface area contributed by atoms with Crippen molar-refractivity contribution in [2.45, 2.75) is 45.3 Å². The van der Waals surface area contributed by atoms with Crippen molar-refractivity contribution in [2.75, 3.05) is 0 Å². The molecule has 2 rings (SSSR count). The van der Waals surface area contributed by atoms with Crippen molar-refractivity contribution < 1.29 is 4.74 Å². The van der Waals surface area contributed by atoms with Crippen molar-refractivity contribution >= 4 is 0 Å². The zero-order valence-corrected chi connectivity index (χ0v) is 4.39. The molecular formula is C7H14O. The molecule has 2 atom stereocenters. The summed E-state index contributed by atoms with van der Waals surface area (Å²) in [6.07, 6.45) is 6.89. The Hall–Kier alpha value is -0.0400. The minimum absolute atomic E-state index is 0. The van der Waals surface area contributed by atoms with Crippen LogP contribution >= 0.6 is 0 Å². The molecule has 1 saturated heterocycles. The topological polar surface area (TPSA) is 12.5 Å². The first-order valence-electron chi connectivity index (χ1n) is 3.12. The van der Waals surface area contributed by atoms with Crippen LogP contribution in [0.15, 0.2) is 0 Å². The summed E-state index contributed by atoms with van der Waals surface area (Å²) < 4.78 is 5.28. The van der Waals surface area contributed by atoms with E-state index in [1.54, 1.807) is 0 Å². The minimum Gasteiger partial charge on any atom is -0.370 e. The second kappa shape index (κ2) is 2.06. The maximum atomic E-state index is 5.28. The number of fused-ring (bicyclic) bond motifs is 1. The summed E-state index contributed by atoms with van der Waals surface area (Å²) >= 11 is 0. The molecule has 0 radical (unpaired) electrons. The molecule has 1 nitrogen and oxygen atoms in total. The molecule has 1 saturated carbocycles. The van der Waals surface area contributed by atoms with Gasteiger partial charge in [0.2, 0.25) is 0 Å². The maximum Gasteiger partial charge on any atom is 0.0841 e. The second-order valence-corrected chi connectivity index (χ2v) is 2.50. The van der Waals surface area contributed by atoms with E-state index in [1.807, 2.05) is 0 Å². The molecule has 0 amide bonds. The summed E-state index contributed by atoms with van der Waals surface area (Å²) in [5, 5.41) is 0. The van der Waals surface area contributed by atoms with Crippen LogP contribution in [-0.4, -0.2) is 12.2 Å². The summed E-state index contributed by atoms with van der Waals surface area (Å²) in [4.78, 5) is 0. The van der Waals surface area contributed by atoms with E-state index in [9.17, 15) is 0 Å². The van der Waals surface area contributed by atoms with E-state index in [0.29, 0.717) is 12.2 Å². The van der Waals surface area contributed by atoms with Gasteiger partial charge in [-0.25, -0.2) is 0 Å². The van der Waals surface area contributed by atoms with Crippen molar-refractivity contribution in [3.8, 4) is 0 Å². The van der Waals surface area contributed by atoms with Gasteiger partial charge in [0.1, 0.15) is 0 Å². The standard InChI is InChI=1S/C6H10O.CH4/c1-2-4-6-5(3-1)7-6;/h5-6H,1-4H2;1H4. The van der Waals surface area contributed by atoms with Crippen LogP contribution < -0.4 is 0 Å². The molecule has 0 spiro atoms. The van der Waals surface area contributed by atoms with Crippen LogP contribution in [0, 0.1) is 0 Å². The Kier molecular flexibility index (Phi) is 1.57. The quantitative estimate of drug-likeness (QED) is 0.438. The van der Waals surface area contributed by atoms with Crippen LogP contribution in [0.5, 0.6) is 0 Å². The average Bonchev–Trinajstić information content (AvgIpc) is 2.41. The first-order chi connectivity index (χ1) is 3.47. The van der Waals surface area contributed by atoms with Crippen molar-refractivity contribution in [2.24, 2.45) is 0 Å². The van der Waals surface area contributed by atoms with Crippen molar-refractivity contribution in [1.82, 2.24) is 0 Å². The van der Waals surface area contributed by atoms with Gasteiger partial charge in [-0.1, -0.05) is 20.3 Å². The van der Waals surface area contributed by atoms with E-state index in [2.05, 4.69) is 0 Å². The predicted octanol–water partition coefficient (Wildman–Crippen LogP) is 1.96. The SMILES string of the molecule is C.C1CCC2OC2C1. The lowest BCUT2D eigenvalue weighted by molar-refractivity contribution is 0.373. The van der Waals surface area contributed by atoms with Crippen LogP contribution in [0.3, 0.4) is 0 Å². The van der Waals surface area contributed by atoms with Crippen LogP contribution in [0.1, 0.15) is 33.1 Å². The Morgan fingerprint density at radius 3 is 1.88 bits per heavy atom. The van der Waals surface area contributed by atoms with Crippen molar-refractivity contribution in [1.29, 1.82) is 0 Å². The van der Waals surface area contributed by atoms with E-state index in [1.165, 1.54) is 25.7 Å². The summed E-state index contributed by atoms with van der Waals surface area (Å²) in [5.41, 5.74) is 0. The molecule has 2 unspecified atom stereocenters. The summed E-state index contributed by atoms with van der Waals surface area (Å²) in [6, 6.07) is 0. The highest BCUT2D eigenvalue weighted by Crippen LogP contribution is 2.35. The van der Waals surface area contributed by atoms with Crippen LogP contribution in [0.4, 0.5) is 0 Å². The smallest absolute Gasteiger partial charge is 0.0841 e. The monoisotopic (exact) mass is 114 g/mol. The number of hydrogen-bond acceptors (Lipinski definition) is 1. The van der Waals surface area contributed by atoms with Gasteiger partial charge in [-0.15, -0.1) is 0 Å². The Morgan fingerprint density at radius 2 is 1.50 bits per heavy atom. The number of rotatable bonds is 0. The molecule has 48 valence electrons. The van der Waals surface area contributed by atoms with Crippen LogP contribution in [0.25, 0.3) is 0 Å². The van der Waals surface area contributed by atoms with Gasteiger partial charge in [-0.2, -0.15) is 0 Å². The van der Waals surface area contributed by atoms with Crippen LogP contribution in [-0.2, 0) is 4.74 Å². The third-order valence-corrected chi connectivity index (χ3v) is 1.91. The summed E-state index contributed by atoms with van der Waals surface area (Å²) in [7, 11) is 0. The van der Waals surface area contributed by atoms with E-state index in [4.69, 9.17) is 4.74 Å². The molecule has 0 aromatic rings. The van der Waals surface area contributed by atoms with E-state index in [0.717, 1.165) is 0 Å². The third kappa shape index (κ3) is 0.873. The van der Waals surface area contributed by atoms with E-state index in [-0.39, 0.29) is 7.43 Å². The lowest BCUT2D eigenvalue weighted by Gasteiger charge is -2.00. The van der Waals surface area contributed by atoms with Gasteiger partial charge in [-0.05, 0) is 12.8 Å². The molecule has 1 heteroatoms. The van der Waals surface area contributed by atoms with E-state index >= 15 is 0 Å². The molecule has 2 aliphatic rings. The molecule has 1 aliphatic carbocycles. The first-order valence-corrected chi connectivity index (χ1v) is 3.12. The Morgan fingerprint density at radius 1 is 1.00 bits per heavy atom. The molecule has 0 N–H and O–H groups in total. The molecule has 0 bridgehead atoms. The first kappa shape index (κ1) is 6.09. The third-order valence-electron chi connectivity index (χ3n) is 1.91.